The Morgan fingerprint density at radius 2 is 1.50 bits per heavy atom. The maximum absolute atomic E-state index is 10.7. The SMILES string of the molecule is CCCCCCCCCCC(CCC(=O)O)C(C)(C)N. The summed E-state index contributed by atoms with van der Waals surface area (Å²) in [7, 11) is 0. The van der Waals surface area contributed by atoms with E-state index < -0.39 is 5.97 Å². The van der Waals surface area contributed by atoms with Gasteiger partial charge in [-0.05, 0) is 32.6 Å². The van der Waals surface area contributed by atoms with Gasteiger partial charge < -0.3 is 10.8 Å². The fourth-order valence-electron chi connectivity index (χ4n) is 2.71. The predicted molar refractivity (Wildman–Crippen MR) is 85.9 cm³/mol. The number of rotatable bonds is 13. The third-order valence-electron chi connectivity index (χ3n) is 4.17. The summed E-state index contributed by atoms with van der Waals surface area (Å²) in [6, 6.07) is 0. The Kier molecular flexibility index (Phi) is 10.8. The number of unbranched alkanes of at least 4 members (excludes halogenated alkanes) is 7. The van der Waals surface area contributed by atoms with Crippen molar-refractivity contribution >= 4 is 5.97 Å². The predicted octanol–water partition coefficient (Wildman–Crippen LogP) is 4.74. The normalized spacial score (nSPS) is 13.4. The van der Waals surface area contributed by atoms with Crippen LogP contribution in [0.25, 0.3) is 0 Å². The zero-order valence-electron chi connectivity index (χ0n) is 13.8. The molecule has 0 bridgehead atoms. The van der Waals surface area contributed by atoms with E-state index in [0.29, 0.717) is 12.3 Å². The molecule has 0 aromatic rings. The highest BCUT2D eigenvalue weighted by atomic mass is 16.4. The molecule has 0 rings (SSSR count). The van der Waals surface area contributed by atoms with Gasteiger partial charge in [0, 0.05) is 12.0 Å². The summed E-state index contributed by atoms with van der Waals surface area (Å²) >= 11 is 0. The highest BCUT2D eigenvalue weighted by molar-refractivity contribution is 5.66. The molecular formula is C17H35NO2. The summed E-state index contributed by atoms with van der Waals surface area (Å²) in [5.41, 5.74) is 5.90. The molecule has 0 amide bonds. The summed E-state index contributed by atoms with van der Waals surface area (Å²) < 4.78 is 0. The van der Waals surface area contributed by atoms with E-state index in [1.807, 2.05) is 13.8 Å². The van der Waals surface area contributed by atoms with Crippen LogP contribution in [0.1, 0.15) is 91.4 Å². The molecule has 0 saturated heterocycles. The van der Waals surface area contributed by atoms with Gasteiger partial charge in [-0.2, -0.15) is 0 Å². The van der Waals surface area contributed by atoms with Gasteiger partial charge in [-0.1, -0.05) is 58.3 Å². The van der Waals surface area contributed by atoms with Crippen LogP contribution in [0.2, 0.25) is 0 Å². The Morgan fingerprint density at radius 3 is 1.95 bits per heavy atom. The molecule has 20 heavy (non-hydrogen) atoms. The molecule has 0 saturated carbocycles. The van der Waals surface area contributed by atoms with Crippen molar-refractivity contribution in [3.05, 3.63) is 0 Å². The monoisotopic (exact) mass is 285 g/mol. The largest absolute Gasteiger partial charge is 0.481 e. The number of aliphatic carboxylic acids is 1. The van der Waals surface area contributed by atoms with E-state index in [2.05, 4.69) is 6.92 Å². The van der Waals surface area contributed by atoms with Crippen molar-refractivity contribution in [3.8, 4) is 0 Å². The quantitative estimate of drug-likeness (QED) is 0.481. The topological polar surface area (TPSA) is 63.3 Å². The molecule has 0 aromatic heterocycles. The third-order valence-corrected chi connectivity index (χ3v) is 4.17. The molecule has 3 nitrogen and oxygen atoms in total. The second-order valence-corrected chi connectivity index (χ2v) is 6.71. The van der Waals surface area contributed by atoms with Crippen LogP contribution in [0, 0.1) is 5.92 Å². The van der Waals surface area contributed by atoms with Crippen molar-refractivity contribution in [1.82, 2.24) is 0 Å². The minimum Gasteiger partial charge on any atom is -0.481 e. The molecule has 0 radical (unpaired) electrons. The molecule has 3 N–H and O–H groups in total. The average molecular weight is 285 g/mol. The Bertz CT molecular complexity index is 246. The number of hydrogen-bond acceptors (Lipinski definition) is 2. The van der Waals surface area contributed by atoms with Crippen LogP contribution >= 0.6 is 0 Å². The third kappa shape index (κ3) is 11.3. The van der Waals surface area contributed by atoms with Crippen LogP contribution in [0.15, 0.2) is 0 Å². The second-order valence-electron chi connectivity index (χ2n) is 6.71. The van der Waals surface area contributed by atoms with E-state index in [9.17, 15) is 4.79 Å². The van der Waals surface area contributed by atoms with E-state index in [1.54, 1.807) is 0 Å². The van der Waals surface area contributed by atoms with Crippen LogP contribution in [0.5, 0.6) is 0 Å². The first kappa shape index (κ1) is 19.4. The minimum absolute atomic E-state index is 0.238. The lowest BCUT2D eigenvalue weighted by Gasteiger charge is -2.30. The van der Waals surface area contributed by atoms with Crippen LogP contribution in [0.3, 0.4) is 0 Å². The van der Waals surface area contributed by atoms with Crippen LogP contribution in [-0.4, -0.2) is 16.6 Å². The zero-order chi connectivity index (χ0) is 15.4. The first-order chi connectivity index (χ1) is 9.38. The maximum atomic E-state index is 10.7. The molecule has 0 aliphatic carbocycles. The van der Waals surface area contributed by atoms with Crippen LogP contribution < -0.4 is 5.73 Å². The first-order valence-electron chi connectivity index (χ1n) is 8.38. The zero-order valence-corrected chi connectivity index (χ0v) is 13.8. The van der Waals surface area contributed by atoms with Crippen molar-refractivity contribution in [2.75, 3.05) is 0 Å². The van der Waals surface area contributed by atoms with Crippen molar-refractivity contribution in [3.63, 3.8) is 0 Å². The first-order valence-corrected chi connectivity index (χ1v) is 8.38. The number of carboxylic acids is 1. The summed E-state index contributed by atoms with van der Waals surface area (Å²) in [6.45, 7) is 6.28. The lowest BCUT2D eigenvalue weighted by molar-refractivity contribution is -0.137. The van der Waals surface area contributed by atoms with Gasteiger partial charge in [-0.25, -0.2) is 0 Å². The van der Waals surface area contributed by atoms with E-state index in [4.69, 9.17) is 10.8 Å². The van der Waals surface area contributed by atoms with Gasteiger partial charge in [0.1, 0.15) is 0 Å². The number of hydrogen-bond donors (Lipinski definition) is 2. The number of carbonyl (C=O) groups is 1. The van der Waals surface area contributed by atoms with Crippen molar-refractivity contribution < 1.29 is 9.90 Å². The Morgan fingerprint density at radius 1 is 1.00 bits per heavy atom. The van der Waals surface area contributed by atoms with Gasteiger partial charge >= 0.3 is 5.97 Å². The van der Waals surface area contributed by atoms with E-state index >= 15 is 0 Å². The van der Waals surface area contributed by atoms with Crippen LogP contribution in [-0.2, 0) is 4.79 Å². The lowest BCUT2D eigenvalue weighted by Crippen LogP contribution is -2.41. The molecule has 0 aromatic carbocycles. The molecule has 0 aliphatic rings. The van der Waals surface area contributed by atoms with Gasteiger partial charge in [0.15, 0.2) is 0 Å². The summed E-state index contributed by atoms with van der Waals surface area (Å²) in [6.07, 6.45) is 12.5. The second kappa shape index (κ2) is 11.1. The average Bonchev–Trinajstić information content (AvgIpc) is 2.34. The lowest BCUT2D eigenvalue weighted by atomic mass is 9.81. The molecule has 1 atom stereocenters. The van der Waals surface area contributed by atoms with Gasteiger partial charge in [0.25, 0.3) is 0 Å². The summed E-state index contributed by atoms with van der Waals surface area (Å²) in [5.74, 6) is -0.395. The fraction of sp³-hybridized carbons (Fsp3) is 0.941. The van der Waals surface area contributed by atoms with Gasteiger partial charge in [0.2, 0.25) is 0 Å². The molecule has 120 valence electrons. The Balaban J connectivity index is 3.72. The Labute approximate surface area is 125 Å². The summed E-state index contributed by atoms with van der Waals surface area (Å²) in [4.78, 5) is 10.7. The fourth-order valence-corrected chi connectivity index (χ4v) is 2.71. The van der Waals surface area contributed by atoms with E-state index in [-0.39, 0.29) is 12.0 Å². The summed E-state index contributed by atoms with van der Waals surface area (Å²) in [5, 5.41) is 8.80. The molecule has 0 heterocycles. The van der Waals surface area contributed by atoms with E-state index in [0.717, 1.165) is 6.42 Å². The smallest absolute Gasteiger partial charge is 0.303 e. The maximum Gasteiger partial charge on any atom is 0.303 e. The van der Waals surface area contributed by atoms with Gasteiger partial charge in [-0.15, -0.1) is 0 Å². The standard InChI is InChI=1S/C17H35NO2/c1-4-5-6-7-8-9-10-11-12-15(17(2,3)18)13-14-16(19)20/h15H,4-14,18H2,1-3H3,(H,19,20). The van der Waals surface area contributed by atoms with Crippen molar-refractivity contribution in [1.29, 1.82) is 0 Å². The number of nitrogens with two attached hydrogens (primary N) is 1. The molecular weight excluding hydrogens is 250 g/mol. The molecule has 0 spiro atoms. The van der Waals surface area contributed by atoms with Gasteiger partial charge in [-0.3, -0.25) is 4.79 Å². The molecule has 0 aliphatic heterocycles. The minimum atomic E-state index is -0.713. The van der Waals surface area contributed by atoms with Crippen LogP contribution in [0.4, 0.5) is 0 Å². The van der Waals surface area contributed by atoms with Gasteiger partial charge in [0.05, 0.1) is 0 Å². The highest BCUT2D eigenvalue weighted by Gasteiger charge is 2.24. The number of carboxylic acid groups (broad SMARTS) is 1. The molecule has 1 unspecified atom stereocenters. The van der Waals surface area contributed by atoms with E-state index in [1.165, 1.54) is 51.4 Å². The molecule has 3 heteroatoms. The van der Waals surface area contributed by atoms with Crippen molar-refractivity contribution in [2.24, 2.45) is 11.7 Å². The highest BCUT2D eigenvalue weighted by Crippen LogP contribution is 2.26. The van der Waals surface area contributed by atoms with Crippen molar-refractivity contribution in [2.45, 2.75) is 96.9 Å². The molecule has 0 fully saturated rings. The Hall–Kier alpha value is -0.570.